The van der Waals surface area contributed by atoms with Gasteiger partial charge in [0.2, 0.25) is 0 Å². The third-order valence-corrected chi connectivity index (χ3v) is 1.68. The molecule has 0 aromatic rings. The van der Waals surface area contributed by atoms with Gasteiger partial charge in [0.15, 0.2) is 0 Å². The molecular weight excluding hydrogens is 166 g/mol. The van der Waals surface area contributed by atoms with Gasteiger partial charge in [-0.3, -0.25) is 4.18 Å². The number of nitrogens with one attached hydrogen (secondary N) is 1. The smallest absolute Gasteiger partial charge is 0.264 e. The van der Waals surface area contributed by atoms with E-state index in [1.54, 1.807) is 0 Å². The fourth-order valence-corrected chi connectivity index (χ4v) is 1.13. The Bertz CT molecular complexity index is 188. The maximum absolute atomic E-state index is 10.5. The fraction of sp³-hybridized carbons (Fsp3) is 1.00. The molecule has 0 saturated carbocycles. The van der Waals surface area contributed by atoms with Crippen molar-refractivity contribution in [2.24, 2.45) is 5.92 Å². The molecule has 1 N–H and O–H groups in total. The van der Waals surface area contributed by atoms with Crippen molar-refractivity contribution in [2.45, 2.75) is 6.92 Å². The molecule has 0 fully saturated rings. The summed E-state index contributed by atoms with van der Waals surface area (Å²) in [5.41, 5.74) is 0. The molecule has 0 aliphatic carbocycles. The maximum atomic E-state index is 10.5. The molecule has 0 rings (SSSR count). The third kappa shape index (κ3) is 7.77. The SMILES string of the molecule is CNCC(C)COS(C)(=O)=O. The lowest BCUT2D eigenvalue weighted by Crippen LogP contribution is -2.21. The van der Waals surface area contributed by atoms with Crippen molar-refractivity contribution in [3.8, 4) is 0 Å². The summed E-state index contributed by atoms with van der Waals surface area (Å²) in [7, 11) is -1.45. The molecule has 0 amide bonds. The minimum Gasteiger partial charge on any atom is -0.319 e. The summed E-state index contributed by atoms with van der Waals surface area (Å²) in [6.07, 6.45) is 1.05. The predicted octanol–water partition coefficient (Wildman–Crippen LogP) is -0.182. The Balaban J connectivity index is 3.54. The summed E-state index contributed by atoms with van der Waals surface area (Å²) in [5, 5.41) is 2.93. The van der Waals surface area contributed by atoms with E-state index in [9.17, 15) is 8.42 Å². The van der Waals surface area contributed by atoms with Crippen molar-refractivity contribution >= 4 is 10.1 Å². The predicted molar refractivity (Wildman–Crippen MR) is 43.9 cm³/mol. The molecule has 4 nitrogen and oxygen atoms in total. The van der Waals surface area contributed by atoms with Crippen LogP contribution in [0.15, 0.2) is 0 Å². The normalized spacial score (nSPS) is 14.8. The largest absolute Gasteiger partial charge is 0.319 e. The van der Waals surface area contributed by atoms with Crippen LogP contribution in [0.25, 0.3) is 0 Å². The summed E-state index contributed by atoms with van der Waals surface area (Å²) in [4.78, 5) is 0. The lowest BCUT2D eigenvalue weighted by atomic mass is 10.2. The molecule has 0 aromatic heterocycles. The molecule has 0 saturated heterocycles. The molecule has 0 spiro atoms. The van der Waals surface area contributed by atoms with Gasteiger partial charge in [0.1, 0.15) is 0 Å². The highest BCUT2D eigenvalue weighted by atomic mass is 32.2. The van der Waals surface area contributed by atoms with E-state index in [2.05, 4.69) is 9.50 Å². The molecule has 0 radical (unpaired) electrons. The van der Waals surface area contributed by atoms with Crippen molar-refractivity contribution in [1.82, 2.24) is 5.32 Å². The van der Waals surface area contributed by atoms with Crippen molar-refractivity contribution in [1.29, 1.82) is 0 Å². The van der Waals surface area contributed by atoms with Crippen LogP contribution in [0.1, 0.15) is 6.92 Å². The van der Waals surface area contributed by atoms with E-state index in [-0.39, 0.29) is 12.5 Å². The van der Waals surface area contributed by atoms with Crippen LogP contribution in [0, 0.1) is 5.92 Å². The minimum atomic E-state index is -3.27. The molecule has 1 atom stereocenters. The Labute approximate surface area is 68.1 Å². The standard InChI is InChI=1S/C6H15NO3S/c1-6(4-7-2)5-10-11(3,8)9/h6-7H,4-5H2,1-3H3. The van der Waals surface area contributed by atoms with Crippen molar-refractivity contribution in [3.63, 3.8) is 0 Å². The first-order valence-corrected chi connectivity index (χ1v) is 5.26. The second kappa shape index (κ2) is 4.69. The average molecular weight is 181 g/mol. The van der Waals surface area contributed by atoms with Gasteiger partial charge in [-0.15, -0.1) is 0 Å². The van der Waals surface area contributed by atoms with Crippen LogP contribution in [-0.4, -0.2) is 34.9 Å². The second-order valence-electron chi connectivity index (χ2n) is 2.65. The van der Waals surface area contributed by atoms with Gasteiger partial charge in [-0.1, -0.05) is 6.92 Å². The van der Waals surface area contributed by atoms with Crippen LogP contribution in [0.2, 0.25) is 0 Å². The number of rotatable bonds is 5. The van der Waals surface area contributed by atoms with Crippen molar-refractivity contribution in [2.75, 3.05) is 26.5 Å². The lowest BCUT2D eigenvalue weighted by Gasteiger charge is -2.08. The van der Waals surface area contributed by atoms with Crippen LogP contribution >= 0.6 is 0 Å². The molecular formula is C6H15NO3S. The van der Waals surface area contributed by atoms with Gasteiger partial charge in [0, 0.05) is 0 Å². The van der Waals surface area contributed by atoms with E-state index in [0.29, 0.717) is 0 Å². The Morgan fingerprint density at radius 3 is 2.45 bits per heavy atom. The minimum absolute atomic E-state index is 0.217. The van der Waals surface area contributed by atoms with E-state index in [0.717, 1.165) is 12.8 Å². The zero-order chi connectivity index (χ0) is 8.91. The highest BCUT2D eigenvalue weighted by molar-refractivity contribution is 7.85. The van der Waals surface area contributed by atoms with Gasteiger partial charge in [-0.25, -0.2) is 0 Å². The number of hydrogen-bond donors (Lipinski definition) is 1. The topological polar surface area (TPSA) is 55.4 Å². The highest BCUT2D eigenvalue weighted by Gasteiger charge is 2.05. The van der Waals surface area contributed by atoms with Crippen molar-refractivity contribution < 1.29 is 12.6 Å². The first-order chi connectivity index (χ1) is 4.95. The molecule has 5 heteroatoms. The van der Waals surface area contributed by atoms with Crippen molar-refractivity contribution in [3.05, 3.63) is 0 Å². The van der Waals surface area contributed by atoms with Gasteiger partial charge in [-0.05, 0) is 19.5 Å². The Morgan fingerprint density at radius 1 is 1.55 bits per heavy atom. The Morgan fingerprint density at radius 2 is 2.09 bits per heavy atom. The molecule has 1 unspecified atom stereocenters. The van der Waals surface area contributed by atoms with E-state index >= 15 is 0 Å². The van der Waals surface area contributed by atoms with Gasteiger partial charge in [0.25, 0.3) is 10.1 Å². The van der Waals surface area contributed by atoms with Crippen LogP contribution in [0.4, 0.5) is 0 Å². The molecule has 11 heavy (non-hydrogen) atoms. The van der Waals surface area contributed by atoms with Crippen LogP contribution in [0.3, 0.4) is 0 Å². The molecule has 0 aliphatic rings. The summed E-state index contributed by atoms with van der Waals surface area (Å²) in [6.45, 7) is 2.93. The zero-order valence-corrected chi connectivity index (χ0v) is 7.94. The summed E-state index contributed by atoms with van der Waals surface area (Å²) >= 11 is 0. The monoisotopic (exact) mass is 181 g/mol. The van der Waals surface area contributed by atoms with E-state index in [4.69, 9.17) is 0 Å². The molecule has 0 aromatic carbocycles. The van der Waals surface area contributed by atoms with Crippen LogP contribution < -0.4 is 5.32 Å². The summed E-state index contributed by atoms with van der Waals surface area (Å²) in [5.74, 6) is 0.217. The summed E-state index contributed by atoms with van der Waals surface area (Å²) in [6, 6.07) is 0. The van der Waals surface area contributed by atoms with Gasteiger partial charge < -0.3 is 5.32 Å². The second-order valence-corrected chi connectivity index (χ2v) is 4.30. The third-order valence-electron chi connectivity index (χ3n) is 1.12. The Hall–Kier alpha value is -0.130. The molecule has 68 valence electrons. The fourth-order valence-electron chi connectivity index (χ4n) is 0.647. The molecule has 0 bridgehead atoms. The van der Waals surface area contributed by atoms with Crippen LogP contribution in [-0.2, 0) is 14.3 Å². The van der Waals surface area contributed by atoms with Gasteiger partial charge >= 0.3 is 0 Å². The van der Waals surface area contributed by atoms with Gasteiger partial charge in [-0.2, -0.15) is 8.42 Å². The van der Waals surface area contributed by atoms with Crippen LogP contribution in [0.5, 0.6) is 0 Å². The maximum Gasteiger partial charge on any atom is 0.264 e. The van der Waals surface area contributed by atoms with Gasteiger partial charge in [0.05, 0.1) is 12.9 Å². The Kier molecular flexibility index (Phi) is 4.63. The van der Waals surface area contributed by atoms with E-state index in [1.165, 1.54) is 0 Å². The highest BCUT2D eigenvalue weighted by Crippen LogP contribution is 1.96. The zero-order valence-electron chi connectivity index (χ0n) is 7.12. The molecule has 0 aliphatic heterocycles. The molecule has 0 heterocycles. The first kappa shape index (κ1) is 10.9. The van der Waals surface area contributed by atoms with E-state index in [1.807, 2.05) is 14.0 Å². The number of hydrogen-bond acceptors (Lipinski definition) is 4. The first-order valence-electron chi connectivity index (χ1n) is 3.44. The average Bonchev–Trinajstić information content (AvgIpc) is 1.83. The van der Waals surface area contributed by atoms with E-state index < -0.39 is 10.1 Å². The lowest BCUT2D eigenvalue weighted by molar-refractivity contribution is 0.265. The quantitative estimate of drug-likeness (QED) is 0.598. The summed E-state index contributed by atoms with van der Waals surface area (Å²) < 4.78 is 25.6.